The van der Waals surface area contributed by atoms with Gasteiger partial charge in [-0.3, -0.25) is 4.99 Å². The Hall–Kier alpha value is -1.36. The predicted molar refractivity (Wildman–Crippen MR) is 93.0 cm³/mol. The lowest BCUT2D eigenvalue weighted by Gasteiger charge is -2.21. The average molecular weight is 308 g/mol. The molecule has 0 amide bonds. The molecule has 0 fully saturated rings. The molecule has 118 valence electrons. The molecule has 0 saturated carbocycles. The van der Waals surface area contributed by atoms with Gasteiger partial charge in [-0.05, 0) is 25.7 Å². The van der Waals surface area contributed by atoms with E-state index in [-0.39, 0.29) is 0 Å². The number of thiazole rings is 1. The molecule has 21 heavy (non-hydrogen) atoms. The normalized spacial score (nSPS) is 11.5. The summed E-state index contributed by atoms with van der Waals surface area (Å²) in [4.78, 5) is 11.1. The topological polar surface area (TPSA) is 40.5 Å². The Balaban J connectivity index is 2.31. The molecule has 0 bridgehead atoms. The molecule has 0 radical (unpaired) electrons. The van der Waals surface area contributed by atoms with Gasteiger partial charge >= 0.3 is 0 Å². The van der Waals surface area contributed by atoms with Crippen LogP contribution in [0.5, 0.6) is 0 Å². The van der Waals surface area contributed by atoms with Crippen molar-refractivity contribution in [3.8, 4) is 0 Å². The van der Waals surface area contributed by atoms with Gasteiger partial charge < -0.3 is 10.2 Å². The molecule has 1 aromatic heterocycles. The summed E-state index contributed by atoms with van der Waals surface area (Å²) < 4.78 is 0. The largest absolute Gasteiger partial charge is 0.351 e. The fourth-order valence-corrected chi connectivity index (χ4v) is 2.81. The number of aromatic nitrogens is 1. The van der Waals surface area contributed by atoms with Gasteiger partial charge in [0.1, 0.15) is 0 Å². The number of allylic oxidation sites excluding steroid dienone is 1. The molecule has 1 rings (SSSR count). The first-order valence-electron chi connectivity index (χ1n) is 7.67. The zero-order valence-electron chi connectivity index (χ0n) is 13.6. The van der Waals surface area contributed by atoms with Crippen molar-refractivity contribution in [2.45, 2.75) is 45.6 Å². The highest BCUT2D eigenvalue weighted by atomic mass is 32.1. The maximum absolute atomic E-state index is 4.56. The quantitative estimate of drug-likeness (QED) is 0.329. The Kier molecular flexibility index (Phi) is 8.74. The molecule has 0 atom stereocenters. The van der Waals surface area contributed by atoms with E-state index in [1.165, 1.54) is 24.3 Å². The lowest BCUT2D eigenvalue weighted by molar-refractivity contribution is 0.455. The molecular formula is C16H28N4S. The number of hydrogen-bond donors (Lipinski definition) is 1. The summed E-state index contributed by atoms with van der Waals surface area (Å²) in [6.07, 6.45) is 7.75. The maximum atomic E-state index is 4.56. The molecule has 0 saturated heterocycles. The fourth-order valence-electron chi connectivity index (χ4n) is 2.07. The minimum Gasteiger partial charge on any atom is -0.351 e. The van der Waals surface area contributed by atoms with Gasteiger partial charge in [0.05, 0.1) is 17.2 Å². The summed E-state index contributed by atoms with van der Waals surface area (Å²) in [5, 5.41) is 6.69. The van der Waals surface area contributed by atoms with E-state index in [1.807, 2.05) is 13.1 Å². The van der Waals surface area contributed by atoms with Crippen LogP contribution in [0.3, 0.4) is 0 Å². The van der Waals surface area contributed by atoms with Gasteiger partial charge in [0.15, 0.2) is 5.96 Å². The van der Waals surface area contributed by atoms with Crippen LogP contribution in [0.15, 0.2) is 23.0 Å². The molecule has 1 heterocycles. The van der Waals surface area contributed by atoms with Crippen molar-refractivity contribution in [2.24, 2.45) is 4.99 Å². The number of nitrogens with zero attached hydrogens (tertiary/aromatic N) is 3. The molecule has 1 aromatic rings. The zero-order valence-corrected chi connectivity index (χ0v) is 14.4. The fraction of sp³-hybridized carbons (Fsp3) is 0.625. The van der Waals surface area contributed by atoms with Crippen LogP contribution in [0.25, 0.3) is 0 Å². The van der Waals surface area contributed by atoms with Gasteiger partial charge in [-0.1, -0.05) is 19.4 Å². The molecule has 0 aliphatic heterocycles. The minimum absolute atomic E-state index is 0.740. The third-order valence-corrected chi connectivity index (χ3v) is 4.35. The lowest BCUT2D eigenvalue weighted by atomic mass is 10.2. The summed E-state index contributed by atoms with van der Waals surface area (Å²) in [6.45, 7) is 7.65. The zero-order chi connectivity index (χ0) is 15.5. The number of hydrogen-bond acceptors (Lipinski definition) is 3. The van der Waals surface area contributed by atoms with E-state index in [4.69, 9.17) is 0 Å². The summed E-state index contributed by atoms with van der Waals surface area (Å²) in [6, 6.07) is 0. The second-order valence-corrected chi connectivity index (χ2v) is 5.99. The van der Waals surface area contributed by atoms with Crippen molar-refractivity contribution in [2.75, 3.05) is 20.6 Å². The minimum atomic E-state index is 0.740. The van der Waals surface area contributed by atoms with Crippen LogP contribution in [-0.2, 0) is 13.0 Å². The number of nitrogens with one attached hydrogen (secondary N) is 1. The lowest BCUT2D eigenvalue weighted by Crippen LogP contribution is -2.39. The van der Waals surface area contributed by atoms with Crippen LogP contribution in [0, 0.1) is 0 Å². The smallest absolute Gasteiger partial charge is 0.193 e. The van der Waals surface area contributed by atoms with Crippen molar-refractivity contribution < 1.29 is 0 Å². The Labute approximate surface area is 133 Å². The first-order chi connectivity index (χ1) is 10.2. The highest BCUT2D eigenvalue weighted by Gasteiger charge is 2.06. The molecule has 1 N–H and O–H groups in total. The van der Waals surface area contributed by atoms with Crippen molar-refractivity contribution in [1.82, 2.24) is 15.2 Å². The van der Waals surface area contributed by atoms with Gasteiger partial charge in [-0.15, -0.1) is 17.9 Å². The van der Waals surface area contributed by atoms with Crippen molar-refractivity contribution in [3.05, 3.63) is 28.7 Å². The highest BCUT2D eigenvalue weighted by Crippen LogP contribution is 2.10. The van der Waals surface area contributed by atoms with Crippen LogP contribution < -0.4 is 5.32 Å². The van der Waals surface area contributed by atoms with E-state index in [0.717, 1.165) is 37.6 Å². The Morgan fingerprint density at radius 1 is 1.48 bits per heavy atom. The van der Waals surface area contributed by atoms with Crippen LogP contribution >= 0.6 is 11.3 Å². The molecule has 4 nitrogen and oxygen atoms in total. The van der Waals surface area contributed by atoms with Crippen molar-refractivity contribution in [3.63, 3.8) is 0 Å². The van der Waals surface area contributed by atoms with E-state index in [0.29, 0.717) is 0 Å². The Morgan fingerprint density at radius 3 is 2.90 bits per heavy atom. The number of aryl methyl sites for hydroxylation is 1. The Bertz CT molecular complexity index is 439. The average Bonchev–Trinajstić information content (AvgIpc) is 2.95. The standard InChI is InChI=1S/C16H28N4S/c1-5-7-8-9-10-11-20(4)16(17-3)18-12-14-13-21-15(6-2)19-14/h5,13H,1,6-12H2,2-4H3,(H,17,18). The molecule has 5 heteroatoms. The second kappa shape index (κ2) is 10.4. The van der Waals surface area contributed by atoms with Gasteiger partial charge in [0, 0.05) is 26.0 Å². The monoisotopic (exact) mass is 308 g/mol. The first-order valence-corrected chi connectivity index (χ1v) is 8.55. The van der Waals surface area contributed by atoms with Gasteiger partial charge in [-0.25, -0.2) is 4.98 Å². The number of guanidine groups is 1. The molecule has 0 aliphatic carbocycles. The third-order valence-electron chi connectivity index (χ3n) is 3.30. The van der Waals surface area contributed by atoms with Crippen molar-refractivity contribution in [1.29, 1.82) is 0 Å². The van der Waals surface area contributed by atoms with E-state index in [1.54, 1.807) is 11.3 Å². The highest BCUT2D eigenvalue weighted by molar-refractivity contribution is 7.09. The van der Waals surface area contributed by atoms with Crippen molar-refractivity contribution >= 4 is 17.3 Å². The predicted octanol–water partition coefficient (Wildman–Crippen LogP) is 3.46. The van der Waals surface area contributed by atoms with Gasteiger partial charge in [0.2, 0.25) is 0 Å². The Morgan fingerprint density at radius 2 is 2.29 bits per heavy atom. The summed E-state index contributed by atoms with van der Waals surface area (Å²) in [7, 11) is 3.91. The number of aliphatic imine (C=N–C) groups is 1. The molecule has 0 aromatic carbocycles. The number of rotatable bonds is 9. The number of unbranched alkanes of at least 4 members (excludes halogenated alkanes) is 3. The van der Waals surface area contributed by atoms with Gasteiger partial charge in [0.25, 0.3) is 0 Å². The molecule has 0 spiro atoms. The van der Waals surface area contributed by atoms with E-state index in [2.05, 4.69) is 46.1 Å². The van der Waals surface area contributed by atoms with Crippen LogP contribution in [0.2, 0.25) is 0 Å². The van der Waals surface area contributed by atoms with Crippen LogP contribution in [-0.4, -0.2) is 36.5 Å². The summed E-state index contributed by atoms with van der Waals surface area (Å²) in [5.41, 5.74) is 1.09. The van der Waals surface area contributed by atoms with E-state index < -0.39 is 0 Å². The summed E-state index contributed by atoms with van der Waals surface area (Å²) in [5.74, 6) is 0.935. The first kappa shape index (κ1) is 17.7. The molecular weight excluding hydrogens is 280 g/mol. The molecule has 0 aliphatic rings. The van der Waals surface area contributed by atoms with Crippen LogP contribution in [0.1, 0.15) is 43.3 Å². The van der Waals surface area contributed by atoms with E-state index >= 15 is 0 Å². The van der Waals surface area contributed by atoms with E-state index in [9.17, 15) is 0 Å². The third kappa shape index (κ3) is 6.76. The summed E-state index contributed by atoms with van der Waals surface area (Å²) >= 11 is 1.73. The second-order valence-electron chi connectivity index (χ2n) is 5.05. The van der Waals surface area contributed by atoms with Gasteiger partial charge in [-0.2, -0.15) is 0 Å². The maximum Gasteiger partial charge on any atom is 0.193 e. The molecule has 0 unspecified atom stereocenters. The van der Waals surface area contributed by atoms with Crippen LogP contribution in [0.4, 0.5) is 0 Å². The SMILES string of the molecule is C=CCCCCCN(C)C(=NC)NCc1csc(CC)n1.